The lowest BCUT2D eigenvalue weighted by Gasteiger charge is -2.24. The molecule has 0 aliphatic carbocycles. The largest absolute Gasteiger partial charge is 0.420 e. The molecule has 1 atom stereocenters. The monoisotopic (exact) mass is 272 g/mol. The highest BCUT2D eigenvalue weighted by Crippen LogP contribution is 2.36. The van der Waals surface area contributed by atoms with Crippen molar-refractivity contribution < 1.29 is 22.8 Å². The summed E-state index contributed by atoms with van der Waals surface area (Å²) in [5.41, 5.74) is -1.90. The Morgan fingerprint density at radius 2 is 1.68 bits per heavy atom. The fraction of sp³-hybridized carbons (Fsp3) is 0.333. The van der Waals surface area contributed by atoms with Crippen molar-refractivity contribution >= 4 is 17.6 Å². The van der Waals surface area contributed by atoms with Gasteiger partial charge in [-0.2, -0.15) is 13.2 Å². The standard InChI is InChI=1S/C12H11F3N2O2/c1-7-3-5-8(6-4-7)17-9(18)11(2,12(13,14)15)16-10(17)19/h3-6H,1-2H3,(H,16,19). The molecule has 4 nitrogen and oxygen atoms in total. The number of amides is 3. The number of imide groups is 1. The lowest BCUT2D eigenvalue weighted by Crippen LogP contribution is -2.56. The molecular weight excluding hydrogens is 261 g/mol. The zero-order valence-electron chi connectivity index (χ0n) is 10.2. The van der Waals surface area contributed by atoms with Gasteiger partial charge >= 0.3 is 12.2 Å². The lowest BCUT2D eigenvalue weighted by atomic mass is 10.0. The Hall–Kier alpha value is -2.05. The summed E-state index contributed by atoms with van der Waals surface area (Å²) in [5.74, 6) is -1.33. The van der Waals surface area contributed by atoms with E-state index in [-0.39, 0.29) is 5.69 Å². The fourth-order valence-electron chi connectivity index (χ4n) is 1.76. The van der Waals surface area contributed by atoms with Crippen LogP contribution in [0.15, 0.2) is 24.3 Å². The first-order valence-electron chi connectivity index (χ1n) is 5.47. The van der Waals surface area contributed by atoms with E-state index in [4.69, 9.17) is 0 Å². The molecular formula is C12H11F3N2O2. The number of anilines is 1. The van der Waals surface area contributed by atoms with Gasteiger partial charge in [-0.25, -0.2) is 9.69 Å². The third-order valence-electron chi connectivity index (χ3n) is 3.05. The highest BCUT2D eigenvalue weighted by atomic mass is 19.4. The minimum Gasteiger partial charge on any atom is -0.315 e. The van der Waals surface area contributed by atoms with Crippen LogP contribution in [0.3, 0.4) is 0 Å². The van der Waals surface area contributed by atoms with E-state index in [1.54, 1.807) is 24.4 Å². The van der Waals surface area contributed by atoms with Gasteiger partial charge in [-0.3, -0.25) is 4.79 Å². The van der Waals surface area contributed by atoms with Gasteiger partial charge in [0.1, 0.15) is 0 Å². The summed E-state index contributed by atoms with van der Waals surface area (Å²) in [6, 6.07) is 5.00. The molecule has 1 saturated heterocycles. The van der Waals surface area contributed by atoms with Crippen molar-refractivity contribution in [3.63, 3.8) is 0 Å². The number of alkyl halides is 3. The van der Waals surface area contributed by atoms with Crippen LogP contribution >= 0.6 is 0 Å². The van der Waals surface area contributed by atoms with Crippen LogP contribution in [-0.2, 0) is 4.79 Å². The number of urea groups is 1. The summed E-state index contributed by atoms with van der Waals surface area (Å²) in [6.45, 7) is 2.44. The van der Waals surface area contributed by atoms with Crippen LogP contribution in [0.1, 0.15) is 12.5 Å². The molecule has 0 saturated carbocycles. The molecule has 1 aromatic carbocycles. The molecule has 1 heterocycles. The van der Waals surface area contributed by atoms with Gasteiger partial charge < -0.3 is 5.32 Å². The predicted molar refractivity (Wildman–Crippen MR) is 61.7 cm³/mol. The molecule has 1 unspecified atom stereocenters. The number of carbonyl (C=O) groups is 2. The van der Waals surface area contributed by atoms with Gasteiger partial charge in [0.15, 0.2) is 0 Å². The summed E-state index contributed by atoms with van der Waals surface area (Å²) in [4.78, 5) is 24.0. The van der Waals surface area contributed by atoms with Crippen molar-refractivity contribution in [2.75, 3.05) is 4.90 Å². The quantitative estimate of drug-likeness (QED) is 0.798. The Morgan fingerprint density at radius 3 is 2.11 bits per heavy atom. The van der Waals surface area contributed by atoms with E-state index < -0.39 is 23.7 Å². The average molecular weight is 272 g/mol. The highest BCUT2D eigenvalue weighted by molar-refractivity contribution is 6.23. The maximum Gasteiger partial charge on any atom is 0.420 e. The van der Waals surface area contributed by atoms with Crippen molar-refractivity contribution in [2.24, 2.45) is 0 Å². The number of hydrogen-bond acceptors (Lipinski definition) is 2. The number of nitrogens with one attached hydrogen (secondary N) is 1. The van der Waals surface area contributed by atoms with Crippen LogP contribution in [0, 0.1) is 6.92 Å². The van der Waals surface area contributed by atoms with Crippen LogP contribution in [0.2, 0.25) is 0 Å². The molecule has 1 aromatic rings. The van der Waals surface area contributed by atoms with Crippen molar-refractivity contribution in [3.8, 4) is 0 Å². The minimum absolute atomic E-state index is 0.112. The van der Waals surface area contributed by atoms with E-state index in [0.717, 1.165) is 5.56 Å². The second-order valence-electron chi connectivity index (χ2n) is 4.53. The van der Waals surface area contributed by atoms with Gasteiger partial charge in [-0.1, -0.05) is 17.7 Å². The number of nitrogens with zero attached hydrogens (tertiary/aromatic N) is 1. The van der Waals surface area contributed by atoms with E-state index in [1.807, 2.05) is 0 Å². The zero-order chi connectivity index (χ0) is 14.4. The summed E-state index contributed by atoms with van der Waals surface area (Å²) in [5, 5.41) is 1.70. The molecule has 0 bridgehead atoms. The van der Waals surface area contributed by atoms with E-state index in [0.29, 0.717) is 11.8 Å². The van der Waals surface area contributed by atoms with Gasteiger partial charge in [-0.05, 0) is 26.0 Å². The zero-order valence-corrected chi connectivity index (χ0v) is 10.2. The number of hydrogen-bond donors (Lipinski definition) is 1. The van der Waals surface area contributed by atoms with Gasteiger partial charge in [0.2, 0.25) is 5.54 Å². The Bertz CT molecular complexity index is 539. The maximum absolute atomic E-state index is 12.9. The van der Waals surface area contributed by atoms with Gasteiger partial charge in [-0.15, -0.1) is 0 Å². The molecule has 0 radical (unpaired) electrons. The van der Waals surface area contributed by atoms with Gasteiger partial charge in [0, 0.05) is 0 Å². The third-order valence-corrected chi connectivity index (χ3v) is 3.05. The molecule has 1 N–H and O–H groups in total. The Morgan fingerprint density at radius 1 is 1.16 bits per heavy atom. The number of rotatable bonds is 1. The maximum atomic E-state index is 12.9. The smallest absolute Gasteiger partial charge is 0.315 e. The summed E-state index contributed by atoms with van der Waals surface area (Å²) >= 11 is 0. The third kappa shape index (κ3) is 1.94. The Kier molecular flexibility index (Phi) is 2.80. The van der Waals surface area contributed by atoms with Crippen LogP contribution in [0.25, 0.3) is 0 Å². The normalized spacial score (nSPS) is 23.7. The molecule has 2 rings (SSSR count). The molecule has 3 amide bonds. The van der Waals surface area contributed by atoms with Crippen molar-refractivity contribution in [2.45, 2.75) is 25.6 Å². The van der Waals surface area contributed by atoms with E-state index in [9.17, 15) is 22.8 Å². The van der Waals surface area contributed by atoms with Gasteiger partial charge in [0.25, 0.3) is 5.91 Å². The molecule has 7 heteroatoms. The molecule has 0 spiro atoms. The summed E-state index contributed by atoms with van der Waals surface area (Å²) in [7, 11) is 0. The number of carbonyl (C=O) groups excluding carboxylic acids is 2. The fourth-order valence-corrected chi connectivity index (χ4v) is 1.76. The molecule has 1 fully saturated rings. The Labute approximate surface area is 107 Å². The van der Waals surface area contributed by atoms with Crippen LogP contribution in [0.5, 0.6) is 0 Å². The first-order valence-corrected chi connectivity index (χ1v) is 5.47. The Balaban J connectivity index is 2.42. The number of benzene rings is 1. The van der Waals surface area contributed by atoms with E-state index in [1.165, 1.54) is 12.1 Å². The number of halogens is 3. The van der Waals surface area contributed by atoms with Crippen LogP contribution < -0.4 is 10.2 Å². The summed E-state index contributed by atoms with van der Waals surface area (Å²) < 4.78 is 38.6. The number of aryl methyl sites for hydroxylation is 1. The predicted octanol–water partition coefficient (Wildman–Crippen LogP) is 2.37. The van der Waals surface area contributed by atoms with E-state index in [2.05, 4.69) is 0 Å². The average Bonchev–Trinajstić information content (AvgIpc) is 2.52. The highest BCUT2D eigenvalue weighted by Gasteiger charge is 2.64. The van der Waals surface area contributed by atoms with Crippen LogP contribution in [0.4, 0.5) is 23.7 Å². The molecule has 1 aliphatic heterocycles. The van der Waals surface area contributed by atoms with E-state index >= 15 is 0 Å². The summed E-state index contributed by atoms with van der Waals surface area (Å²) in [6.07, 6.45) is -4.85. The van der Waals surface area contributed by atoms with Crippen molar-refractivity contribution in [1.82, 2.24) is 5.32 Å². The second kappa shape index (κ2) is 3.97. The van der Waals surface area contributed by atoms with Crippen LogP contribution in [-0.4, -0.2) is 23.7 Å². The molecule has 1 aliphatic rings. The SMILES string of the molecule is Cc1ccc(N2C(=O)NC(C)(C(F)(F)F)C2=O)cc1. The molecule has 0 aromatic heterocycles. The lowest BCUT2D eigenvalue weighted by molar-refractivity contribution is -0.187. The van der Waals surface area contributed by atoms with Gasteiger partial charge in [0.05, 0.1) is 5.69 Å². The second-order valence-corrected chi connectivity index (χ2v) is 4.53. The van der Waals surface area contributed by atoms with Crippen molar-refractivity contribution in [1.29, 1.82) is 0 Å². The molecule has 19 heavy (non-hydrogen) atoms. The first kappa shape index (κ1) is 13.4. The van der Waals surface area contributed by atoms with Crippen molar-refractivity contribution in [3.05, 3.63) is 29.8 Å². The topological polar surface area (TPSA) is 49.4 Å². The minimum atomic E-state index is -4.85. The first-order chi connectivity index (χ1) is 8.67. The molecule has 102 valence electrons.